The van der Waals surface area contributed by atoms with Gasteiger partial charge in [-0.25, -0.2) is 4.39 Å². The topological polar surface area (TPSA) is 59.8 Å². The minimum atomic E-state index is -4.65. The molecule has 0 bridgehead atoms. The second-order valence-corrected chi connectivity index (χ2v) is 8.11. The van der Waals surface area contributed by atoms with Gasteiger partial charge >= 0.3 is 6.18 Å². The van der Waals surface area contributed by atoms with Crippen molar-refractivity contribution in [3.05, 3.63) is 118 Å². The van der Waals surface area contributed by atoms with E-state index >= 15 is 0 Å². The van der Waals surface area contributed by atoms with Gasteiger partial charge in [-0.15, -0.1) is 0 Å². The second kappa shape index (κ2) is 8.67. The van der Waals surface area contributed by atoms with E-state index in [2.05, 4.69) is 6.58 Å². The van der Waals surface area contributed by atoms with Crippen LogP contribution in [0.5, 0.6) is 5.75 Å². The number of carbonyl (C=O) groups excluding carboxylic acids is 1. The fraction of sp³-hybridized carbons (Fsp3) is 0.111. The normalized spacial score (nSPS) is 15.3. The van der Waals surface area contributed by atoms with Crippen molar-refractivity contribution in [2.75, 3.05) is 11.5 Å². The van der Waals surface area contributed by atoms with E-state index in [1.165, 1.54) is 18.2 Å². The maximum Gasteiger partial charge on any atom is 0.416 e. The Morgan fingerprint density at radius 1 is 1.03 bits per heavy atom. The maximum absolute atomic E-state index is 13.9. The smallest absolute Gasteiger partial charge is 0.416 e. The molecule has 5 nitrogen and oxygen atoms in total. The number of fused-ring (bicyclic) bond motifs is 2. The van der Waals surface area contributed by atoms with Crippen LogP contribution in [0.15, 0.2) is 88.6 Å². The molecule has 0 N–H and O–H groups in total. The Bertz CT molecular complexity index is 1560. The predicted octanol–water partition coefficient (Wildman–Crippen LogP) is 6.27. The van der Waals surface area contributed by atoms with Gasteiger partial charge in [0.05, 0.1) is 22.6 Å². The standard InChI is InChI=1S/C27H17F4NO4/c1-2-12-35-19-9-6-15(7-10-19)23-22-24(33)20-14-17(28)8-11-21(20)36-25(22)26(34)32(23)18-5-3-4-16(13-18)27(29,30)31/h2-11,13-14,23H,1,12H2. The zero-order valence-corrected chi connectivity index (χ0v) is 18.5. The summed E-state index contributed by atoms with van der Waals surface area (Å²) in [5.41, 5.74) is -1.35. The molecule has 4 aromatic rings. The number of hydrogen-bond donors (Lipinski definition) is 0. The quantitative estimate of drug-likeness (QED) is 0.242. The van der Waals surface area contributed by atoms with E-state index in [1.807, 2.05) is 0 Å². The van der Waals surface area contributed by atoms with Crippen LogP contribution in [-0.2, 0) is 6.18 Å². The third kappa shape index (κ3) is 3.92. The van der Waals surface area contributed by atoms with Crippen molar-refractivity contribution in [2.45, 2.75) is 12.2 Å². The summed E-state index contributed by atoms with van der Waals surface area (Å²) in [6.45, 7) is 3.83. The largest absolute Gasteiger partial charge is 0.490 e. The molecular formula is C27H17F4NO4. The SMILES string of the molecule is C=CCOc1ccc(C2c3c(oc4ccc(F)cc4c3=O)C(=O)N2c2cccc(C(F)(F)F)c2)cc1. The summed E-state index contributed by atoms with van der Waals surface area (Å²) >= 11 is 0. The first-order chi connectivity index (χ1) is 17.2. The van der Waals surface area contributed by atoms with Gasteiger partial charge in [0.15, 0.2) is 5.43 Å². The van der Waals surface area contributed by atoms with Crippen LogP contribution in [0.25, 0.3) is 11.0 Å². The van der Waals surface area contributed by atoms with Gasteiger partial charge in [-0.1, -0.05) is 30.9 Å². The number of halogens is 4. The number of hydrogen-bond acceptors (Lipinski definition) is 4. The Hall–Kier alpha value is -4.40. The summed E-state index contributed by atoms with van der Waals surface area (Å²) in [6, 6.07) is 12.9. The minimum Gasteiger partial charge on any atom is -0.490 e. The lowest BCUT2D eigenvalue weighted by Crippen LogP contribution is -2.29. The van der Waals surface area contributed by atoms with Gasteiger partial charge in [-0.3, -0.25) is 14.5 Å². The van der Waals surface area contributed by atoms with E-state index in [4.69, 9.17) is 9.15 Å². The van der Waals surface area contributed by atoms with Crippen LogP contribution in [0.2, 0.25) is 0 Å². The number of amides is 1. The van der Waals surface area contributed by atoms with E-state index in [-0.39, 0.29) is 34.6 Å². The van der Waals surface area contributed by atoms with Crippen LogP contribution in [0.3, 0.4) is 0 Å². The zero-order valence-electron chi connectivity index (χ0n) is 18.5. The lowest BCUT2D eigenvalue weighted by molar-refractivity contribution is -0.137. The van der Waals surface area contributed by atoms with E-state index < -0.39 is 34.9 Å². The number of carbonyl (C=O) groups is 1. The van der Waals surface area contributed by atoms with Gasteiger partial charge in [0.25, 0.3) is 5.91 Å². The molecule has 1 aromatic heterocycles. The van der Waals surface area contributed by atoms with Gasteiger partial charge in [-0.2, -0.15) is 13.2 Å². The Labute approximate surface area is 201 Å². The molecule has 0 saturated carbocycles. The number of ether oxygens (including phenoxy) is 1. The van der Waals surface area contributed by atoms with Crippen LogP contribution < -0.4 is 15.1 Å². The van der Waals surface area contributed by atoms with Gasteiger partial charge in [0, 0.05) is 5.69 Å². The summed E-state index contributed by atoms with van der Waals surface area (Å²) in [5, 5.41) is -0.0802. The maximum atomic E-state index is 13.9. The molecule has 0 fully saturated rings. The summed E-state index contributed by atoms with van der Waals surface area (Å²) in [5.74, 6) is -1.28. The highest BCUT2D eigenvalue weighted by molar-refractivity contribution is 6.10. The first kappa shape index (κ1) is 23.3. The van der Waals surface area contributed by atoms with Crippen molar-refractivity contribution >= 4 is 22.6 Å². The molecule has 3 aromatic carbocycles. The van der Waals surface area contributed by atoms with Crippen molar-refractivity contribution in [3.8, 4) is 5.75 Å². The van der Waals surface area contributed by atoms with Crippen LogP contribution in [-0.4, -0.2) is 12.5 Å². The zero-order chi connectivity index (χ0) is 25.6. The first-order valence-electron chi connectivity index (χ1n) is 10.8. The molecule has 36 heavy (non-hydrogen) atoms. The van der Waals surface area contributed by atoms with Crippen LogP contribution >= 0.6 is 0 Å². The van der Waals surface area contributed by atoms with Crippen molar-refractivity contribution in [1.29, 1.82) is 0 Å². The van der Waals surface area contributed by atoms with Gasteiger partial charge in [-0.05, 0) is 54.1 Å². The number of anilines is 1. The highest BCUT2D eigenvalue weighted by Gasteiger charge is 2.44. The second-order valence-electron chi connectivity index (χ2n) is 8.11. The Balaban J connectivity index is 1.73. The lowest BCUT2D eigenvalue weighted by atomic mass is 9.98. The molecule has 1 aliphatic rings. The van der Waals surface area contributed by atoms with Gasteiger partial charge in [0.2, 0.25) is 5.76 Å². The number of nitrogens with zero attached hydrogens (tertiary/aromatic N) is 1. The van der Waals surface area contributed by atoms with Crippen LogP contribution in [0, 0.1) is 5.82 Å². The average Bonchev–Trinajstić information content (AvgIpc) is 3.15. The van der Waals surface area contributed by atoms with E-state index in [9.17, 15) is 27.2 Å². The molecule has 5 rings (SSSR count). The van der Waals surface area contributed by atoms with Crippen molar-refractivity contribution in [1.82, 2.24) is 0 Å². The molecule has 0 saturated heterocycles. The Kier molecular flexibility index (Phi) is 5.62. The van der Waals surface area contributed by atoms with E-state index in [0.29, 0.717) is 11.3 Å². The fourth-order valence-electron chi connectivity index (χ4n) is 4.26. The molecule has 2 heterocycles. The molecule has 182 valence electrons. The molecular weight excluding hydrogens is 478 g/mol. The summed E-state index contributed by atoms with van der Waals surface area (Å²) in [7, 11) is 0. The minimum absolute atomic E-state index is 0.00804. The number of alkyl halides is 3. The lowest BCUT2D eigenvalue weighted by Gasteiger charge is -2.26. The molecule has 1 amide bonds. The van der Waals surface area contributed by atoms with E-state index in [0.717, 1.165) is 29.2 Å². The van der Waals surface area contributed by atoms with Gasteiger partial charge in [0.1, 0.15) is 23.8 Å². The van der Waals surface area contributed by atoms with Crippen LogP contribution in [0.4, 0.5) is 23.2 Å². The fourth-order valence-corrected chi connectivity index (χ4v) is 4.26. The molecule has 9 heteroatoms. The third-order valence-electron chi connectivity index (χ3n) is 5.85. The molecule has 0 radical (unpaired) electrons. The van der Waals surface area contributed by atoms with Gasteiger partial charge < -0.3 is 9.15 Å². The average molecular weight is 495 g/mol. The number of benzene rings is 3. The molecule has 0 spiro atoms. The van der Waals surface area contributed by atoms with E-state index in [1.54, 1.807) is 30.3 Å². The third-order valence-corrected chi connectivity index (χ3v) is 5.85. The Morgan fingerprint density at radius 2 is 1.78 bits per heavy atom. The molecule has 1 unspecified atom stereocenters. The van der Waals surface area contributed by atoms with Crippen LogP contribution in [0.1, 0.15) is 33.3 Å². The van der Waals surface area contributed by atoms with Crippen molar-refractivity contribution < 1.29 is 31.5 Å². The highest BCUT2D eigenvalue weighted by atomic mass is 19.4. The molecule has 1 aliphatic heterocycles. The van der Waals surface area contributed by atoms with Crippen molar-refractivity contribution in [2.24, 2.45) is 0 Å². The highest BCUT2D eigenvalue weighted by Crippen LogP contribution is 2.43. The summed E-state index contributed by atoms with van der Waals surface area (Å²) in [6.07, 6.45) is -3.09. The van der Waals surface area contributed by atoms with Crippen molar-refractivity contribution in [3.63, 3.8) is 0 Å². The molecule has 1 atom stereocenters. The summed E-state index contributed by atoms with van der Waals surface area (Å²) in [4.78, 5) is 28.1. The predicted molar refractivity (Wildman–Crippen MR) is 125 cm³/mol. The number of rotatable bonds is 5. The monoisotopic (exact) mass is 495 g/mol. The molecule has 0 aliphatic carbocycles. The Morgan fingerprint density at radius 3 is 2.47 bits per heavy atom. The summed E-state index contributed by atoms with van der Waals surface area (Å²) < 4.78 is 65.4. The first-order valence-corrected chi connectivity index (χ1v) is 10.8.